The number of imidazole rings is 1. The van der Waals surface area contributed by atoms with E-state index < -0.39 is 0 Å². The van der Waals surface area contributed by atoms with Crippen molar-refractivity contribution in [2.45, 2.75) is 20.4 Å². The topological polar surface area (TPSA) is 44.1 Å². The van der Waals surface area contributed by atoms with Crippen molar-refractivity contribution in [2.75, 3.05) is 45.8 Å². The summed E-state index contributed by atoms with van der Waals surface area (Å²) in [5.74, 6) is 0.198. The first kappa shape index (κ1) is 18.6. The zero-order chi connectivity index (χ0) is 18.5. The summed E-state index contributed by atoms with van der Waals surface area (Å²) in [6, 6.07) is 6.05. The molecular formula is C20H29N5O. The van der Waals surface area contributed by atoms with Crippen LogP contribution in [0, 0.1) is 0 Å². The second-order valence-electron chi connectivity index (χ2n) is 7.12. The lowest BCUT2D eigenvalue weighted by Crippen LogP contribution is -2.49. The van der Waals surface area contributed by atoms with Gasteiger partial charge >= 0.3 is 0 Å². The second-order valence-corrected chi connectivity index (χ2v) is 7.12. The normalized spacial score (nSPS) is 16.1. The van der Waals surface area contributed by atoms with Gasteiger partial charge in [0.15, 0.2) is 0 Å². The van der Waals surface area contributed by atoms with Crippen molar-refractivity contribution in [3.63, 3.8) is 0 Å². The van der Waals surface area contributed by atoms with Gasteiger partial charge in [0.05, 0.1) is 12.2 Å². The number of aromatic nitrogens is 2. The fraction of sp³-hybridized carbons (Fsp3) is 0.500. The number of nitrogens with zero attached hydrogens (tertiary/aromatic N) is 5. The zero-order valence-corrected chi connectivity index (χ0v) is 15.9. The average molecular weight is 355 g/mol. The Morgan fingerprint density at radius 2 is 1.96 bits per heavy atom. The van der Waals surface area contributed by atoms with Crippen molar-refractivity contribution in [1.29, 1.82) is 0 Å². The maximum atomic E-state index is 12.5. The third-order valence-electron chi connectivity index (χ3n) is 4.82. The van der Waals surface area contributed by atoms with Crippen LogP contribution in [0.5, 0.6) is 0 Å². The Morgan fingerprint density at radius 3 is 2.62 bits per heavy atom. The van der Waals surface area contributed by atoms with Crippen molar-refractivity contribution in [3.05, 3.63) is 48.4 Å². The molecule has 0 unspecified atom stereocenters. The van der Waals surface area contributed by atoms with Gasteiger partial charge in [-0.1, -0.05) is 18.2 Å². The lowest BCUT2D eigenvalue weighted by atomic mass is 10.2. The fourth-order valence-corrected chi connectivity index (χ4v) is 3.39. The lowest BCUT2D eigenvalue weighted by Gasteiger charge is -2.35. The van der Waals surface area contributed by atoms with E-state index in [9.17, 15) is 4.79 Å². The van der Waals surface area contributed by atoms with E-state index in [0.29, 0.717) is 13.1 Å². The highest BCUT2D eigenvalue weighted by atomic mass is 16.2. The number of likely N-dealkylation sites (N-methyl/N-ethyl adjacent to an activating group) is 1. The minimum absolute atomic E-state index is 0.198. The molecule has 3 heterocycles. The standard InChI is InChI=1S/C20H29N5O/c1-4-24(13-17(2)3)20(26)16-23-11-9-22(10-12-23)14-18-15-25-8-6-5-7-19(25)21-18/h5-8,15H,2,4,9-14,16H2,1,3H3. The summed E-state index contributed by atoms with van der Waals surface area (Å²) in [7, 11) is 0. The van der Waals surface area contributed by atoms with E-state index in [1.54, 1.807) is 0 Å². The molecule has 140 valence electrons. The molecule has 1 amide bonds. The van der Waals surface area contributed by atoms with Crippen LogP contribution in [0.1, 0.15) is 19.5 Å². The summed E-state index contributed by atoms with van der Waals surface area (Å²) in [4.78, 5) is 23.7. The summed E-state index contributed by atoms with van der Waals surface area (Å²) < 4.78 is 2.06. The van der Waals surface area contributed by atoms with Crippen LogP contribution in [0.2, 0.25) is 0 Å². The van der Waals surface area contributed by atoms with Gasteiger partial charge in [0, 0.05) is 58.2 Å². The number of carbonyl (C=O) groups is 1. The molecule has 2 aromatic rings. The molecule has 0 atom stereocenters. The highest BCUT2D eigenvalue weighted by Crippen LogP contribution is 2.10. The van der Waals surface area contributed by atoms with Gasteiger partial charge in [-0.15, -0.1) is 0 Å². The summed E-state index contributed by atoms with van der Waals surface area (Å²) in [5.41, 5.74) is 3.11. The zero-order valence-electron chi connectivity index (χ0n) is 15.9. The summed E-state index contributed by atoms with van der Waals surface area (Å²) in [6.45, 7) is 14.4. The Labute approximate surface area is 155 Å². The SMILES string of the molecule is C=C(C)CN(CC)C(=O)CN1CCN(Cc2cn3ccccc3n2)CC1. The van der Waals surface area contributed by atoms with Gasteiger partial charge in [-0.3, -0.25) is 14.6 Å². The fourth-order valence-electron chi connectivity index (χ4n) is 3.39. The van der Waals surface area contributed by atoms with Gasteiger partial charge in [-0.05, 0) is 26.0 Å². The summed E-state index contributed by atoms with van der Waals surface area (Å²) in [5, 5.41) is 0. The quantitative estimate of drug-likeness (QED) is 0.712. The van der Waals surface area contributed by atoms with Crippen LogP contribution in [0.15, 0.2) is 42.7 Å². The minimum Gasteiger partial charge on any atom is -0.338 e. The molecule has 0 saturated carbocycles. The molecule has 3 rings (SSSR count). The van der Waals surface area contributed by atoms with Gasteiger partial charge in [0.2, 0.25) is 5.91 Å². The van der Waals surface area contributed by atoms with Crippen molar-refractivity contribution >= 4 is 11.6 Å². The molecule has 0 radical (unpaired) electrons. The molecule has 6 heteroatoms. The first-order chi connectivity index (χ1) is 12.5. The van der Waals surface area contributed by atoms with Crippen LogP contribution in [0.3, 0.4) is 0 Å². The molecular weight excluding hydrogens is 326 g/mol. The Hall–Kier alpha value is -2.18. The van der Waals surface area contributed by atoms with E-state index in [2.05, 4.69) is 32.0 Å². The number of amides is 1. The maximum absolute atomic E-state index is 12.5. The van der Waals surface area contributed by atoms with Gasteiger partial charge < -0.3 is 9.30 Å². The average Bonchev–Trinajstić information content (AvgIpc) is 3.03. The molecule has 0 aromatic carbocycles. The molecule has 1 aliphatic rings. The molecule has 2 aromatic heterocycles. The van der Waals surface area contributed by atoms with E-state index >= 15 is 0 Å². The summed E-state index contributed by atoms with van der Waals surface area (Å²) in [6.07, 6.45) is 4.13. The summed E-state index contributed by atoms with van der Waals surface area (Å²) >= 11 is 0. The predicted molar refractivity (Wildman–Crippen MR) is 104 cm³/mol. The third kappa shape index (κ3) is 4.71. The van der Waals surface area contributed by atoms with Crippen LogP contribution in [0.25, 0.3) is 5.65 Å². The molecule has 1 fully saturated rings. The number of rotatable bonds is 7. The number of fused-ring (bicyclic) bond motifs is 1. The van der Waals surface area contributed by atoms with Gasteiger partial charge in [0.25, 0.3) is 0 Å². The van der Waals surface area contributed by atoms with Crippen molar-refractivity contribution in [2.24, 2.45) is 0 Å². The number of hydrogen-bond donors (Lipinski definition) is 0. The molecule has 1 saturated heterocycles. The number of carbonyl (C=O) groups excluding carboxylic acids is 1. The maximum Gasteiger partial charge on any atom is 0.237 e. The van der Waals surface area contributed by atoms with Crippen LogP contribution >= 0.6 is 0 Å². The number of piperazine rings is 1. The monoisotopic (exact) mass is 355 g/mol. The molecule has 0 N–H and O–H groups in total. The van der Waals surface area contributed by atoms with Crippen molar-refractivity contribution < 1.29 is 4.79 Å². The largest absolute Gasteiger partial charge is 0.338 e. The third-order valence-corrected chi connectivity index (χ3v) is 4.82. The first-order valence-electron chi connectivity index (χ1n) is 9.34. The van der Waals surface area contributed by atoms with Crippen molar-refractivity contribution in [3.8, 4) is 0 Å². The van der Waals surface area contributed by atoms with Crippen LogP contribution in [0.4, 0.5) is 0 Å². The minimum atomic E-state index is 0.198. The molecule has 0 spiro atoms. The smallest absolute Gasteiger partial charge is 0.237 e. The first-order valence-corrected chi connectivity index (χ1v) is 9.34. The van der Waals surface area contributed by atoms with E-state index in [-0.39, 0.29) is 5.91 Å². The van der Waals surface area contributed by atoms with E-state index in [0.717, 1.165) is 56.2 Å². The second kappa shape index (κ2) is 8.47. The Kier molecular flexibility index (Phi) is 6.06. The van der Waals surface area contributed by atoms with E-state index in [1.165, 1.54) is 0 Å². The van der Waals surface area contributed by atoms with Crippen LogP contribution < -0.4 is 0 Å². The Bertz CT molecular complexity index is 727. The molecule has 26 heavy (non-hydrogen) atoms. The molecule has 6 nitrogen and oxygen atoms in total. The molecule has 0 bridgehead atoms. The predicted octanol–water partition coefficient (Wildman–Crippen LogP) is 1.88. The van der Waals surface area contributed by atoms with E-state index in [4.69, 9.17) is 0 Å². The van der Waals surface area contributed by atoms with Gasteiger partial charge in [-0.2, -0.15) is 0 Å². The lowest BCUT2D eigenvalue weighted by molar-refractivity contribution is -0.132. The van der Waals surface area contributed by atoms with Gasteiger partial charge in [-0.25, -0.2) is 4.98 Å². The molecule has 1 aliphatic heterocycles. The highest BCUT2D eigenvalue weighted by Gasteiger charge is 2.21. The Balaban J connectivity index is 1.47. The highest BCUT2D eigenvalue weighted by molar-refractivity contribution is 5.78. The van der Waals surface area contributed by atoms with Crippen LogP contribution in [-0.4, -0.2) is 75.8 Å². The van der Waals surface area contributed by atoms with Crippen molar-refractivity contribution in [1.82, 2.24) is 24.1 Å². The van der Waals surface area contributed by atoms with Crippen LogP contribution in [-0.2, 0) is 11.3 Å². The number of pyridine rings is 1. The Morgan fingerprint density at radius 1 is 1.23 bits per heavy atom. The van der Waals surface area contributed by atoms with Gasteiger partial charge in [0.1, 0.15) is 5.65 Å². The van der Waals surface area contributed by atoms with E-state index in [1.807, 2.05) is 43.1 Å². The molecule has 0 aliphatic carbocycles. The number of hydrogen-bond acceptors (Lipinski definition) is 4.